The van der Waals surface area contributed by atoms with E-state index in [2.05, 4.69) is 16.4 Å². The lowest BCUT2D eigenvalue weighted by Crippen LogP contribution is -2.30. The normalized spacial score (nSPS) is 14.2. The second kappa shape index (κ2) is 10.7. The molecule has 1 aliphatic heterocycles. The van der Waals surface area contributed by atoms with E-state index in [4.69, 9.17) is 10.00 Å². The number of ketones is 2. The van der Waals surface area contributed by atoms with Crippen molar-refractivity contribution in [3.63, 3.8) is 0 Å². The fraction of sp³-hybridized carbons (Fsp3) is 0.233. The number of rotatable bonds is 10. The molecule has 0 saturated carbocycles. The van der Waals surface area contributed by atoms with Crippen molar-refractivity contribution in [3.05, 3.63) is 107 Å². The van der Waals surface area contributed by atoms with E-state index >= 15 is 0 Å². The quantitative estimate of drug-likeness (QED) is 0.313. The van der Waals surface area contributed by atoms with E-state index < -0.39 is 6.04 Å². The lowest BCUT2D eigenvalue weighted by Gasteiger charge is -2.25. The highest BCUT2D eigenvalue weighted by Gasteiger charge is 2.25. The Morgan fingerprint density at radius 2 is 1.83 bits per heavy atom. The maximum absolute atomic E-state index is 13.8. The van der Waals surface area contributed by atoms with Gasteiger partial charge >= 0.3 is 0 Å². The van der Waals surface area contributed by atoms with Gasteiger partial charge in [0.05, 0.1) is 30.9 Å². The Morgan fingerprint density at radius 1 is 1.06 bits per heavy atom. The molecule has 0 amide bonds. The maximum atomic E-state index is 13.8. The second-order valence-electron chi connectivity index (χ2n) is 9.21. The Bertz CT molecular complexity index is 1410. The number of hydrogen-bond acceptors (Lipinski definition) is 5. The minimum atomic E-state index is -0.511. The highest BCUT2D eigenvalue weighted by molar-refractivity contribution is 6.11. The number of aromatic amines is 1. The van der Waals surface area contributed by atoms with E-state index in [1.807, 2.05) is 60.7 Å². The molecule has 0 aliphatic carbocycles. The number of carbonyl (C=O) groups is 2. The largest absolute Gasteiger partial charge is 0.381 e. The molecule has 3 aromatic carbocycles. The van der Waals surface area contributed by atoms with E-state index in [0.29, 0.717) is 48.8 Å². The first-order valence-corrected chi connectivity index (χ1v) is 12.2. The molecule has 6 heteroatoms. The van der Waals surface area contributed by atoms with Crippen LogP contribution >= 0.6 is 0 Å². The molecule has 0 bridgehead atoms. The molecule has 2 heterocycles. The van der Waals surface area contributed by atoms with Crippen molar-refractivity contribution in [2.24, 2.45) is 5.92 Å². The van der Waals surface area contributed by atoms with Crippen molar-refractivity contribution in [2.45, 2.75) is 18.9 Å². The Balaban J connectivity index is 1.34. The monoisotopic (exact) mass is 477 g/mol. The summed E-state index contributed by atoms with van der Waals surface area (Å²) in [5.41, 5.74) is 4.64. The van der Waals surface area contributed by atoms with Gasteiger partial charge in [-0.25, -0.2) is 0 Å². The van der Waals surface area contributed by atoms with Gasteiger partial charge in [-0.2, -0.15) is 5.26 Å². The molecule has 36 heavy (non-hydrogen) atoms. The van der Waals surface area contributed by atoms with Gasteiger partial charge in [0.2, 0.25) is 0 Å². The summed E-state index contributed by atoms with van der Waals surface area (Å²) in [7, 11) is 0. The zero-order chi connectivity index (χ0) is 24.9. The first-order chi connectivity index (χ1) is 17.6. The third-order valence-electron chi connectivity index (χ3n) is 6.69. The Hall–Kier alpha value is -4.05. The number of carbonyl (C=O) groups excluding carboxylic acids is 2. The van der Waals surface area contributed by atoms with Crippen LogP contribution in [0.4, 0.5) is 0 Å². The Labute approximate surface area is 209 Å². The van der Waals surface area contributed by atoms with Crippen molar-refractivity contribution in [2.75, 3.05) is 19.8 Å². The Morgan fingerprint density at radius 3 is 2.53 bits per heavy atom. The number of benzene rings is 3. The van der Waals surface area contributed by atoms with Crippen LogP contribution in [0.3, 0.4) is 0 Å². The Kier molecular flexibility index (Phi) is 7.03. The predicted octanol–water partition coefficient (Wildman–Crippen LogP) is 5.02. The van der Waals surface area contributed by atoms with Crippen LogP contribution in [-0.2, 0) is 11.2 Å². The van der Waals surface area contributed by atoms with Crippen molar-refractivity contribution in [1.82, 2.24) is 10.3 Å². The molecule has 2 N–H and O–H groups in total. The van der Waals surface area contributed by atoms with Crippen LogP contribution in [0.2, 0.25) is 0 Å². The molecule has 0 spiro atoms. The van der Waals surface area contributed by atoms with Gasteiger partial charge in [-0.15, -0.1) is 0 Å². The average molecular weight is 478 g/mol. The van der Waals surface area contributed by atoms with Crippen LogP contribution in [-0.4, -0.2) is 36.3 Å². The molecule has 1 aliphatic rings. The van der Waals surface area contributed by atoms with Crippen LogP contribution in [0, 0.1) is 17.2 Å². The first-order valence-electron chi connectivity index (χ1n) is 12.2. The molecule has 180 valence electrons. The molecule has 4 aromatic rings. The second-order valence-corrected chi connectivity index (χ2v) is 9.21. The number of hydrogen-bond donors (Lipinski definition) is 2. The maximum Gasteiger partial charge on any atom is 0.186 e. The summed E-state index contributed by atoms with van der Waals surface area (Å²) in [4.78, 5) is 29.6. The van der Waals surface area contributed by atoms with Crippen molar-refractivity contribution in [3.8, 4) is 6.07 Å². The number of ether oxygens (including phenoxy) is 1. The van der Waals surface area contributed by atoms with Crippen molar-refractivity contribution >= 4 is 22.5 Å². The molecule has 1 fully saturated rings. The minimum absolute atomic E-state index is 0.0297. The van der Waals surface area contributed by atoms with Gasteiger partial charge in [-0.05, 0) is 35.7 Å². The zero-order valence-corrected chi connectivity index (χ0v) is 19.9. The predicted molar refractivity (Wildman–Crippen MR) is 138 cm³/mol. The van der Waals surface area contributed by atoms with Gasteiger partial charge in [0, 0.05) is 47.1 Å². The van der Waals surface area contributed by atoms with Gasteiger partial charge in [0.15, 0.2) is 11.6 Å². The van der Waals surface area contributed by atoms with E-state index in [9.17, 15) is 9.59 Å². The van der Waals surface area contributed by atoms with Crippen LogP contribution in [0.15, 0.2) is 79.0 Å². The molecule has 1 saturated heterocycles. The number of nitriles is 1. The average Bonchev–Trinajstić information content (AvgIpc) is 3.32. The van der Waals surface area contributed by atoms with E-state index in [0.717, 1.165) is 28.5 Å². The standard InChI is InChI=1S/C30H27N3O3/c31-16-21-8-6-20(7-9-21)12-13-32-29(23-4-2-1-3-5-23)30(35)26-17-33-27-15-24(10-11-25(26)27)28(34)14-22-18-36-19-22/h1-11,15,17,22,29,32-33H,12-14,18-19H2. The van der Waals surface area contributed by atoms with Gasteiger partial charge in [-0.3, -0.25) is 9.59 Å². The summed E-state index contributed by atoms with van der Waals surface area (Å²) < 4.78 is 5.18. The lowest BCUT2D eigenvalue weighted by atomic mass is 9.94. The fourth-order valence-electron chi connectivity index (χ4n) is 4.56. The van der Waals surface area contributed by atoms with Crippen molar-refractivity contribution < 1.29 is 14.3 Å². The molecule has 0 radical (unpaired) electrons. The van der Waals surface area contributed by atoms with Gasteiger partial charge in [0.1, 0.15) is 0 Å². The molecule has 1 unspecified atom stereocenters. The van der Waals surface area contributed by atoms with Crippen LogP contribution in [0.5, 0.6) is 0 Å². The van der Waals surface area contributed by atoms with Crippen LogP contribution < -0.4 is 5.32 Å². The van der Waals surface area contributed by atoms with E-state index in [1.165, 1.54) is 0 Å². The SMILES string of the molecule is N#Cc1ccc(CCNC(C(=O)c2c[nH]c3cc(C(=O)CC4COC4)ccc23)c2ccccc2)cc1. The summed E-state index contributed by atoms with van der Waals surface area (Å²) >= 11 is 0. The molecule has 6 nitrogen and oxygen atoms in total. The molecular weight excluding hydrogens is 450 g/mol. The first kappa shape index (κ1) is 23.7. The summed E-state index contributed by atoms with van der Waals surface area (Å²) in [5, 5.41) is 13.2. The van der Waals surface area contributed by atoms with Gasteiger partial charge in [-0.1, -0.05) is 54.6 Å². The highest BCUT2D eigenvalue weighted by Crippen LogP contribution is 2.27. The molecule has 1 aromatic heterocycles. The van der Waals surface area contributed by atoms with Crippen LogP contribution in [0.25, 0.3) is 10.9 Å². The molecule has 5 rings (SSSR count). The third kappa shape index (κ3) is 5.13. The summed E-state index contributed by atoms with van der Waals surface area (Å²) in [6, 6.07) is 24.3. The van der Waals surface area contributed by atoms with Gasteiger partial charge < -0.3 is 15.0 Å². The highest BCUT2D eigenvalue weighted by atomic mass is 16.5. The van der Waals surface area contributed by atoms with Gasteiger partial charge in [0.25, 0.3) is 0 Å². The smallest absolute Gasteiger partial charge is 0.186 e. The summed E-state index contributed by atoms with van der Waals surface area (Å²) in [6.07, 6.45) is 2.95. The number of Topliss-reactive ketones (excluding diaryl/α,β-unsaturated/α-hetero) is 2. The molecule has 1 atom stereocenters. The number of H-pyrrole nitrogens is 1. The minimum Gasteiger partial charge on any atom is -0.381 e. The summed E-state index contributed by atoms with van der Waals surface area (Å²) in [5.74, 6) is 0.369. The fourth-order valence-corrected chi connectivity index (χ4v) is 4.56. The zero-order valence-electron chi connectivity index (χ0n) is 19.9. The topological polar surface area (TPSA) is 95.0 Å². The van der Waals surface area contributed by atoms with E-state index in [1.54, 1.807) is 18.3 Å². The van der Waals surface area contributed by atoms with Crippen LogP contribution in [0.1, 0.15) is 49.9 Å². The summed E-state index contributed by atoms with van der Waals surface area (Å²) in [6.45, 7) is 1.89. The third-order valence-corrected chi connectivity index (χ3v) is 6.69. The molecular formula is C30H27N3O3. The number of fused-ring (bicyclic) bond motifs is 1. The lowest BCUT2D eigenvalue weighted by molar-refractivity contribution is -0.0321. The number of nitrogens with zero attached hydrogens (tertiary/aromatic N) is 1. The number of aromatic nitrogens is 1. The van der Waals surface area contributed by atoms with E-state index in [-0.39, 0.29) is 11.6 Å². The van der Waals surface area contributed by atoms with Crippen molar-refractivity contribution in [1.29, 1.82) is 5.26 Å². The number of nitrogens with one attached hydrogen (secondary N) is 2.